The van der Waals surface area contributed by atoms with E-state index < -0.39 is 0 Å². The van der Waals surface area contributed by atoms with Gasteiger partial charge in [-0.1, -0.05) is 178 Å². The summed E-state index contributed by atoms with van der Waals surface area (Å²) < 4.78 is 2.46. The van der Waals surface area contributed by atoms with Crippen LogP contribution in [0.25, 0.3) is 77.6 Å². The SMILES string of the molecule is CC1(C)C2=C(CCC=C2)c2c(N(c3ccc(-c4ccccc4)cc3)c3ccc(-c4ccc5c(c4)c4cc(-c6ccccc6)cc(-c6ccccc6)c4n5-c4ccccc4)cc3)cccc21. The average molecular weight is 833 g/mol. The predicted molar refractivity (Wildman–Crippen MR) is 276 cm³/mol. The van der Waals surface area contributed by atoms with Crippen molar-refractivity contribution in [2.75, 3.05) is 4.90 Å². The first-order chi connectivity index (χ1) is 32.0. The fourth-order valence-corrected chi connectivity index (χ4v) is 10.7. The van der Waals surface area contributed by atoms with Crippen LogP contribution in [0.1, 0.15) is 37.8 Å². The molecule has 0 fully saturated rings. The van der Waals surface area contributed by atoms with Gasteiger partial charge in [0, 0.05) is 44.4 Å². The number of hydrogen-bond donors (Lipinski definition) is 0. The number of hydrogen-bond acceptors (Lipinski definition) is 1. The molecular formula is C63H48N2. The molecule has 12 rings (SSSR count). The standard InChI is InChI=1S/C63H48N2/c1-63(2)57-27-16-15-26-53(57)61-58(63)28-17-29-60(61)64(51-35-30-45(31-36-51)43-18-7-3-8-19-43)52-37-32-46(33-38-52)48-34-39-59-55(40-48)56-42-49(44-20-9-4-10-21-44)41-54(47-22-11-5-12-23-47)62(56)65(59)50-24-13-6-14-25-50/h3-14,16-25,27-42H,15,26H2,1-2H3. The predicted octanol–water partition coefficient (Wildman–Crippen LogP) is 17.3. The Morgan fingerprint density at radius 1 is 0.462 bits per heavy atom. The maximum absolute atomic E-state index is 2.48. The van der Waals surface area contributed by atoms with Crippen molar-refractivity contribution in [3.05, 3.63) is 247 Å². The summed E-state index contributed by atoms with van der Waals surface area (Å²) >= 11 is 0. The normalized spacial score (nSPS) is 13.9. The molecule has 2 aliphatic carbocycles. The van der Waals surface area contributed by atoms with Crippen LogP contribution in [-0.4, -0.2) is 4.57 Å². The second-order valence-electron chi connectivity index (χ2n) is 18.0. The molecule has 2 nitrogen and oxygen atoms in total. The summed E-state index contributed by atoms with van der Waals surface area (Å²) in [6, 6.07) is 80.2. The molecule has 10 aromatic rings. The highest BCUT2D eigenvalue weighted by Crippen LogP contribution is 2.54. The summed E-state index contributed by atoms with van der Waals surface area (Å²) in [4.78, 5) is 2.48. The van der Waals surface area contributed by atoms with E-state index in [0.29, 0.717) is 0 Å². The van der Waals surface area contributed by atoms with Gasteiger partial charge in [0.15, 0.2) is 0 Å². The maximum Gasteiger partial charge on any atom is 0.0619 e. The van der Waals surface area contributed by atoms with Gasteiger partial charge in [-0.25, -0.2) is 0 Å². The third-order valence-electron chi connectivity index (χ3n) is 13.9. The smallest absolute Gasteiger partial charge is 0.0619 e. The van der Waals surface area contributed by atoms with Crippen molar-refractivity contribution >= 4 is 44.4 Å². The van der Waals surface area contributed by atoms with Crippen LogP contribution in [0, 0.1) is 0 Å². The van der Waals surface area contributed by atoms with E-state index >= 15 is 0 Å². The highest BCUT2D eigenvalue weighted by Gasteiger charge is 2.39. The summed E-state index contributed by atoms with van der Waals surface area (Å²) in [6.45, 7) is 4.78. The van der Waals surface area contributed by atoms with Gasteiger partial charge in [0.25, 0.3) is 0 Å². The minimum absolute atomic E-state index is 0.0592. The van der Waals surface area contributed by atoms with Gasteiger partial charge in [-0.15, -0.1) is 0 Å². The lowest BCUT2D eigenvalue weighted by molar-refractivity contribution is 0.651. The van der Waals surface area contributed by atoms with Crippen molar-refractivity contribution in [1.29, 1.82) is 0 Å². The fourth-order valence-electron chi connectivity index (χ4n) is 10.7. The molecule has 1 aromatic heterocycles. The van der Waals surface area contributed by atoms with Gasteiger partial charge in [-0.2, -0.15) is 0 Å². The lowest BCUT2D eigenvalue weighted by atomic mass is 9.80. The van der Waals surface area contributed by atoms with Gasteiger partial charge in [0.05, 0.1) is 16.7 Å². The van der Waals surface area contributed by atoms with Crippen molar-refractivity contribution in [1.82, 2.24) is 4.57 Å². The Kier molecular flexibility index (Phi) is 9.35. The Labute approximate surface area is 381 Å². The molecule has 0 spiro atoms. The molecule has 0 radical (unpaired) electrons. The molecule has 0 saturated heterocycles. The zero-order valence-corrected chi connectivity index (χ0v) is 36.7. The van der Waals surface area contributed by atoms with E-state index in [1.807, 2.05) is 0 Å². The molecule has 310 valence electrons. The van der Waals surface area contributed by atoms with E-state index in [2.05, 4.69) is 254 Å². The quantitative estimate of drug-likeness (QED) is 0.148. The second kappa shape index (κ2) is 15.7. The summed E-state index contributed by atoms with van der Waals surface area (Å²) in [6.07, 6.45) is 6.86. The Hall–Kier alpha value is -7.94. The number of allylic oxidation sites excluding steroid dienone is 4. The largest absolute Gasteiger partial charge is 0.310 e. The number of fused-ring (bicyclic) bond motifs is 5. The highest BCUT2D eigenvalue weighted by molar-refractivity contribution is 6.16. The number of anilines is 3. The van der Waals surface area contributed by atoms with Crippen molar-refractivity contribution in [2.45, 2.75) is 32.1 Å². The van der Waals surface area contributed by atoms with Crippen LogP contribution < -0.4 is 4.90 Å². The summed E-state index contributed by atoms with van der Waals surface area (Å²) in [5.41, 5.74) is 22.4. The summed E-state index contributed by atoms with van der Waals surface area (Å²) in [5.74, 6) is 0. The van der Waals surface area contributed by atoms with Gasteiger partial charge in [0.1, 0.15) is 0 Å². The Bertz CT molecular complexity index is 3450. The van der Waals surface area contributed by atoms with E-state index in [9.17, 15) is 0 Å². The van der Waals surface area contributed by atoms with Crippen LogP contribution >= 0.6 is 0 Å². The van der Waals surface area contributed by atoms with Crippen LogP contribution in [0.3, 0.4) is 0 Å². The van der Waals surface area contributed by atoms with E-state index in [1.54, 1.807) is 0 Å². The molecule has 0 amide bonds. The van der Waals surface area contributed by atoms with Crippen molar-refractivity contribution in [2.24, 2.45) is 0 Å². The number of nitrogens with zero attached hydrogens (tertiary/aromatic N) is 2. The number of benzene rings is 9. The molecule has 0 unspecified atom stereocenters. The molecule has 1 heterocycles. The Morgan fingerprint density at radius 2 is 1.00 bits per heavy atom. The zero-order chi connectivity index (χ0) is 43.5. The maximum atomic E-state index is 2.48. The van der Waals surface area contributed by atoms with Crippen LogP contribution in [0.5, 0.6) is 0 Å². The monoisotopic (exact) mass is 832 g/mol. The minimum atomic E-state index is -0.0592. The zero-order valence-electron chi connectivity index (χ0n) is 36.7. The summed E-state index contributed by atoms with van der Waals surface area (Å²) in [5, 5.41) is 2.47. The molecule has 65 heavy (non-hydrogen) atoms. The van der Waals surface area contributed by atoms with E-state index in [0.717, 1.165) is 29.9 Å². The first kappa shape index (κ1) is 38.7. The molecule has 0 atom stereocenters. The van der Waals surface area contributed by atoms with E-state index in [-0.39, 0.29) is 5.41 Å². The topological polar surface area (TPSA) is 8.17 Å². The molecule has 0 N–H and O–H groups in total. The second-order valence-corrected chi connectivity index (χ2v) is 18.0. The van der Waals surface area contributed by atoms with Crippen LogP contribution in [-0.2, 0) is 5.41 Å². The molecule has 9 aromatic carbocycles. The molecule has 0 saturated carbocycles. The first-order valence-corrected chi connectivity index (χ1v) is 22.9. The van der Waals surface area contributed by atoms with Crippen LogP contribution in [0.4, 0.5) is 17.1 Å². The molecule has 2 aliphatic rings. The highest BCUT2D eigenvalue weighted by atomic mass is 15.1. The van der Waals surface area contributed by atoms with Crippen molar-refractivity contribution < 1.29 is 0 Å². The summed E-state index contributed by atoms with van der Waals surface area (Å²) in [7, 11) is 0. The fraction of sp³-hybridized carbons (Fsp3) is 0.0794. The first-order valence-electron chi connectivity index (χ1n) is 22.9. The number of rotatable bonds is 8. The molecule has 0 bridgehead atoms. The van der Waals surface area contributed by atoms with E-state index in [1.165, 1.54) is 94.3 Å². The molecular weight excluding hydrogens is 785 g/mol. The van der Waals surface area contributed by atoms with Gasteiger partial charge in [-0.3, -0.25) is 0 Å². The number of para-hydroxylation sites is 1. The molecule has 0 aliphatic heterocycles. The van der Waals surface area contributed by atoms with Gasteiger partial charge >= 0.3 is 0 Å². The molecule has 2 heteroatoms. The van der Waals surface area contributed by atoms with E-state index in [4.69, 9.17) is 0 Å². The third kappa shape index (κ3) is 6.56. The Morgan fingerprint density at radius 3 is 1.65 bits per heavy atom. The van der Waals surface area contributed by atoms with Crippen molar-refractivity contribution in [3.63, 3.8) is 0 Å². The van der Waals surface area contributed by atoms with Gasteiger partial charge in [-0.05, 0) is 135 Å². The Balaban J connectivity index is 1.02. The minimum Gasteiger partial charge on any atom is -0.310 e. The lowest BCUT2D eigenvalue weighted by Gasteiger charge is -2.29. The third-order valence-corrected chi connectivity index (χ3v) is 13.9. The van der Waals surface area contributed by atoms with Gasteiger partial charge < -0.3 is 9.47 Å². The van der Waals surface area contributed by atoms with Gasteiger partial charge in [0.2, 0.25) is 0 Å². The van der Waals surface area contributed by atoms with Crippen molar-refractivity contribution in [3.8, 4) is 50.2 Å². The average Bonchev–Trinajstić information content (AvgIpc) is 3.83. The van der Waals surface area contributed by atoms with Crippen LogP contribution in [0.15, 0.2) is 236 Å². The number of aromatic nitrogens is 1. The lowest BCUT2D eigenvalue weighted by Crippen LogP contribution is -2.17. The van der Waals surface area contributed by atoms with Crippen LogP contribution in [0.2, 0.25) is 0 Å².